The molecule has 1 amide bonds. The molecule has 0 spiro atoms. The van der Waals surface area contributed by atoms with Gasteiger partial charge in [0, 0.05) is 75.9 Å². The highest BCUT2D eigenvalue weighted by molar-refractivity contribution is 5.85. The number of amides is 1. The normalized spacial score (nSPS) is 17.6. The third-order valence-electron chi connectivity index (χ3n) is 8.69. The minimum absolute atomic E-state index is 0.279. The number of likely N-dealkylation sites (N-methyl/N-ethyl adjacent to an activating group) is 1. The maximum Gasteiger partial charge on any atom is 0.222 e. The molecule has 0 N–H and O–H groups in total. The second-order valence-corrected chi connectivity index (χ2v) is 11.3. The van der Waals surface area contributed by atoms with Crippen LogP contribution in [0.15, 0.2) is 91.1 Å². The van der Waals surface area contributed by atoms with Crippen LogP contribution < -0.4 is 0 Å². The third-order valence-corrected chi connectivity index (χ3v) is 8.69. The van der Waals surface area contributed by atoms with Crippen LogP contribution in [0.25, 0.3) is 10.9 Å². The highest BCUT2D eigenvalue weighted by atomic mass is 16.2. The number of para-hydroxylation sites is 1. The Hall–Kier alpha value is -3.45. The van der Waals surface area contributed by atoms with Crippen LogP contribution in [-0.2, 0) is 17.9 Å². The summed E-state index contributed by atoms with van der Waals surface area (Å²) in [7, 11) is 2.13. The van der Waals surface area contributed by atoms with E-state index in [0.717, 1.165) is 65.4 Å². The summed E-state index contributed by atoms with van der Waals surface area (Å²) >= 11 is 0. The van der Waals surface area contributed by atoms with Crippen LogP contribution in [0.1, 0.15) is 29.2 Å². The van der Waals surface area contributed by atoms with Crippen LogP contribution in [-0.4, -0.2) is 89.5 Å². The van der Waals surface area contributed by atoms with Gasteiger partial charge in [0.15, 0.2) is 0 Å². The van der Waals surface area contributed by atoms with E-state index >= 15 is 0 Å². The molecular formula is C34H41N5O. The number of fused-ring (bicyclic) bond motifs is 1. The maximum atomic E-state index is 12.9. The molecular weight excluding hydrogens is 494 g/mol. The van der Waals surface area contributed by atoms with Gasteiger partial charge in [0.1, 0.15) is 0 Å². The molecule has 208 valence electrons. The Morgan fingerprint density at radius 3 is 1.98 bits per heavy atom. The summed E-state index contributed by atoms with van der Waals surface area (Å²) in [6.07, 6.45) is 3.67. The van der Waals surface area contributed by atoms with Crippen molar-refractivity contribution in [2.45, 2.75) is 25.6 Å². The van der Waals surface area contributed by atoms with E-state index in [1.54, 1.807) is 0 Å². The predicted molar refractivity (Wildman–Crippen MR) is 162 cm³/mol. The summed E-state index contributed by atoms with van der Waals surface area (Å²) in [6, 6.07) is 30.8. The smallest absolute Gasteiger partial charge is 0.222 e. The van der Waals surface area contributed by atoms with Gasteiger partial charge in [-0.1, -0.05) is 78.9 Å². The molecule has 6 heteroatoms. The van der Waals surface area contributed by atoms with Crippen LogP contribution >= 0.6 is 0 Å². The fourth-order valence-electron chi connectivity index (χ4n) is 6.36. The molecule has 0 saturated carbocycles. The molecule has 2 aliphatic heterocycles. The van der Waals surface area contributed by atoms with Gasteiger partial charge < -0.3 is 14.4 Å². The van der Waals surface area contributed by atoms with Crippen molar-refractivity contribution in [1.29, 1.82) is 0 Å². The van der Waals surface area contributed by atoms with Crippen molar-refractivity contribution < 1.29 is 4.79 Å². The molecule has 6 rings (SSSR count). The quantitative estimate of drug-likeness (QED) is 0.327. The average Bonchev–Trinajstić information content (AvgIpc) is 3.35. The van der Waals surface area contributed by atoms with Crippen molar-refractivity contribution in [2.24, 2.45) is 0 Å². The lowest BCUT2D eigenvalue weighted by Crippen LogP contribution is -2.48. The van der Waals surface area contributed by atoms with Gasteiger partial charge in [-0.25, -0.2) is 0 Å². The first kappa shape index (κ1) is 26.8. The lowest BCUT2D eigenvalue weighted by atomic mass is 9.96. The molecule has 0 bridgehead atoms. The monoisotopic (exact) mass is 535 g/mol. The van der Waals surface area contributed by atoms with Crippen LogP contribution in [0.4, 0.5) is 0 Å². The van der Waals surface area contributed by atoms with E-state index in [2.05, 4.69) is 117 Å². The molecule has 1 aromatic heterocycles. The molecule has 0 radical (unpaired) electrons. The van der Waals surface area contributed by atoms with Crippen molar-refractivity contribution in [2.75, 3.05) is 59.4 Å². The second kappa shape index (κ2) is 12.4. The van der Waals surface area contributed by atoms with Crippen molar-refractivity contribution in [3.8, 4) is 0 Å². The highest BCUT2D eigenvalue weighted by Gasteiger charge is 2.27. The first-order valence-electron chi connectivity index (χ1n) is 14.7. The summed E-state index contributed by atoms with van der Waals surface area (Å²) in [4.78, 5) is 22.4. The van der Waals surface area contributed by atoms with Crippen LogP contribution in [0.2, 0.25) is 0 Å². The predicted octanol–water partition coefficient (Wildman–Crippen LogP) is 4.71. The SMILES string of the molecule is CN1CCN(C(=O)CCc2cn(CN3CCN(C(c4ccccc4)c4ccccc4)CC3)c3ccccc23)CC1. The van der Waals surface area contributed by atoms with Gasteiger partial charge in [0.05, 0.1) is 12.7 Å². The largest absolute Gasteiger partial charge is 0.340 e. The van der Waals surface area contributed by atoms with E-state index in [1.165, 1.54) is 27.6 Å². The number of benzene rings is 3. The molecule has 40 heavy (non-hydrogen) atoms. The lowest BCUT2D eigenvalue weighted by molar-refractivity contribution is -0.132. The van der Waals surface area contributed by atoms with Gasteiger partial charge in [-0.15, -0.1) is 0 Å². The summed E-state index contributed by atoms with van der Waals surface area (Å²) in [6.45, 7) is 8.62. The lowest BCUT2D eigenvalue weighted by Gasteiger charge is -2.40. The standard InChI is InChI=1S/C34H41N5O/c1-35-18-22-37(23-19-35)33(40)17-16-30-26-39(32-15-9-8-14-31(30)32)27-36-20-24-38(25-21-36)34(28-10-4-2-5-11-28)29-12-6-3-7-13-29/h2-15,26,34H,16-25,27H2,1H3. The molecule has 4 aromatic rings. The molecule has 3 heterocycles. The molecule has 2 saturated heterocycles. The Morgan fingerprint density at radius 2 is 1.32 bits per heavy atom. The molecule has 2 fully saturated rings. The van der Waals surface area contributed by atoms with Gasteiger partial charge >= 0.3 is 0 Å². The zero-order chi connectivity index (χ0) is 27.3. The first-order chi connectivity index (χ1) is 19.7. The van der Waals surface area contributed by atoms with Crippen molar-refractivity contribution in [3.63, 3.8) is 0 Å². The maximum absolute atomic E-state index is 12.9. The Kier molecular flexibility index (Phi) is 8.28. The van der Waals surface area contributed by atoms with Crippen molar-refractivity contribution >= 4 is 16.8 Å². The van der Waals surface area contributed by atoms with Crippen LogP contribution in [0, 0.1) is 0 Å². The third kappa shape index (κ3) is 5.99. The number of hydrogen-bond donors (Lipinski definition) is 0. The van der Waals surface area contributed by atoms with E-state index in [1.807, 2.05) is 4.90 Å². The average molecular weight is 536 g/mol. The molecule has 6 nitrogen and oxygen atoms in total. The fraction of sp³-hybridized carbons (Fsp3) is 0.382. The Balaban J connectivity index is 1.12. The fourth-order valence-corrected chi connectivity index (χ4v) is 6.36. The van der Waals surface area contributed by atoms with Gasteiger partial charge in [-0.05, 0) is 36.2 Å². The summed E-state index contributed by atoms with van der Waals surface area (Å²) < 4.78 is 2.40. The Morgan fingerprint density at radius 1 is 0.725 bits per heavy atom. The van der Waals surface area contributed by atoms with Crippen molar-refractivity contribution in [1.82, 2.24) is 24.2 Å². The summed E-state index contributed by atoms with van der Waals surface area (Å²) in [5.74, 6) is 0.285. The van der Waals surface area contributed by atoms with Gasteiger partial charge in [-0.2, -0.15) is 0 Å². The molecule has 2 aliphatic rings. The Labute approximate surface area is 238 Å². The number of nitrogens with zero attached hydrogens (tertiary/aromatic N) is 5. The molecule has 0 aliphatic carbocycles. The number of aryl methyl sites for hydroxylation is 1. The number of hydrogen-bond acceptors (Lipinski definition) is 4. The zero-order valence-electron chi connectivity index (χ0n) is 23.7. The number of rotatable bonds is 8. The first-order valence-corrected chi connectivity index (χ1v) is 14.7. The summed E-state index contributed by atoms with van der Waals surface area (Å²) in [5.41, 5.74) is 5.26. The van der Waals surface area contributed by atoms with Crippen molar-refractivity contribution in [3.05, 3.63) is 108 Å². The van der Waals surface area contributed by atoms with Gasteiger partial charge in [-0.3, -0.25) is 14.6 Å². The van der Waals surface area contributed by atoms with E-state index in [9.17, 15) is 4.79 Å². The molecule has 3 aromatic carbocycles. The minimum Gasteiger partial charge on any atom is -0.340 e. The van der Waals surface area contributed by atoms with Gasteiger partial charge in [0.25, 0.3) is 0 Å². The number of carbonyl (C=O) groups is 1. The van der Waals surface area contributed by atoms with E-state index < -0.39 is 0 Å². The van der Waals surface area contributed by atoms with Crippen LogP contribution in [0.3, 0.4) is 0 Å². The summed E-state index contributed by atoms with van der Waals surface area (Å²) in [5, 5.41) is 1.28. The minimum atomic E-state index is 0.279. The zero-order valence-corrected chi connectivity index (χ0v) is 23.7. The number of piperazine rings is 2. The molecule has 0 atom stereocenters. The van der Waals surface area contributed by atoms with E-state index in [4.69, 9.17) is 0 Å². The second-order valence-electron chi connectivity index (χ2n) is 11.3. The Bertz CT molecular complexity index is 1350. The topological polar surface area (TPSA) is 35.0 Å². The number of aromatic nitrogens is 1. The number of carbonyl (C=O) groups excluding carboxylic acids is 1. The molecule has 0 unspecified atom stereocenters. The van der Waals surface area contributed by atoms with E-state index in [-0.39, 0.29) is 11.9 Å². The van der Waals surface area contributed by atoms with Crippen LogP contribution in [0.5, 0.6) is 0 Å². The van der Waals surface area contributed by atoms with Gasteiger partial charge in [0.2, 0.25) is 5.91 Å². The van der Waals surface area contributed by atoms with E-state index in [0.29, 0.717) is 6.42 Å². The highest BCUT2D eigenvalue weighted by Crippen LogP contribution is 2.30.